The molecule has 0 saturated carbocycles. The van der Waals surface area contributed by atoms with E-state index in [0.29, 0.717) is 6.42 Å². The van der Waals surface area contributed by atoms with Crippen molar-refractivity contribution in [2.24, 2.45) is 0 Å². The molecule has 0 aliphatic rings. The van der Waals surface area contributed by atoms with Gasteiger partial charge >= 0.3 is 0 Å². The van der Waals surface area contributed by atoms with Crippen molar-refractivity contribution >= 4 is 16.8 Å². The van der Waals surface area contributed by atoms with Crippen LogP contribution in [0.3, 0.4) is 0 Å². The second-order valence-electron chi connectivity index (χ2n) is 5.82. The molecule has 0 aliphatic heterocycles. The number of hydrogen-bond acceptors (Lipinski definition) is 2. The van der Waals surface area contributed by atoms with Gasteiger partial charge < -0.3 is 4.74 Å². The zero-order valence-corrected chi connectivity index (χ0v) is 14.5. The predicted octanol–water partition coefficient (Wildman–Crippen LogP) is 5.90. The Labute approximate surface area is 140 Å². The highest BCUT2D eigenvalue weighted by Gasteiger charge is 1.98. The molecule has 0 radical (unpaired) electrons. The summed E-state index contributed by atoms with van der Waals surface area (Å²) in [5.41, 5.74) is 1.38. The molecule has 0 amide bonds. The van der Waals surface area contributed by atoms with Gasteiger partial charge in [0, 0.05) is 6.42 Å². The van der Waals surface area contributed by atoms with Crippen molar-refractivity contribution in [2.45, 2.75) is 71.1 Å². The minimum absolute atomic E-state index is 0.206. The lowest BCUT2D eigenvalue weighted by Gasteiger charge is -2.06. The number of rotatable bonds is 13. The molecular formula is C19H29ClO2. The molecule has 0 aliphatic carbocycles. The predicted molar refractivity (Wildman–Crippen MR) is 93.7 cm³/mol. The Morgan fingerprint density at radius 3 is 2.23 bits per heavy atom. The highest BCUT2D eigenvalue weighted by atomic mass is 35.5. The first-order valence-corrected chi connectivity index (χ1v) is 9.00. The molecule has 0 saturated heterocycles. The van der Waals surface area contributed by atoms with Crippen LogP contribution in [0, 0.1) is 0 Å². The van der Waals surface area contributed by atoms with E-state index in [9.17, 15) is 4.79 Å². The van der Waals surface area contributed by atoms with Crippen molar-refractivity contribution in [1.29, 1.82) is 0 Å². The number of carbonyl (C=O) groups excluding carboxylic acids is 1. The van der Waals surface area contributed by atoms with E-state index in [1.54, 1.807) is 0 Å². The number of halogens is 1. The van der Waals surface area contributed by atoms with Gasteiger partial charge in [0.05, 0.1) is 6.61 Å². The summed E-state index contributed by atoms with van der Waals surface area (Å²) in [7, 11) is 0. The monoisotopic (exact) mass is 324 g/mol. The average Bonchev–Trinajstić information content (AvgIpc) is 2.51. The van der Waals surface area contributed by atoms with E-state index in [2.05, 4.69) is 31.2 Å². The van der Waals surface area contributed by atoms with Crippen molar-refractivity contribution in [3.05, 3.63) is 29.8 Å². The molecule has 1 aromatic rings. The van der Waals surface area contributed by atoms with Crippen molar-refractivity contribution < 1.29 is 9.53 Å². The van der Waals surface area contributed by atoms with Crippen LogP contribution < -0.4 is 4.74 Å². The molecule has 1 aromatic carbocycles. The van der Waals surface area contributed by atoms with Gasteiger partial charge in [-0.25, -0.2) is 0 Å². The molecule has 0 aromatic heterocycles. The van der Waals surface area contributed by atoms with Crippen LogP contribution >= 0.6 is 11.6 Å². The lowest BCUT2D eigenvalue weighted by Crippen LogP contribution is -1.96. The fourth-order valence-electron chi connectivity index (χ4n) is 2.39. The third-order valence-electron chi connectivity index (χ3n) is 3.78. The van der Waals surface area contributed by atoms with Crippen LogP contribution in [-0.2, 0) is 11.2 Å². The van der Waals surface area contributed by atoms with Gasteiger partial charge in [0.15, 0.2) is 0 Å². The molecule has 22 heavy (non-hydrogen) atoms. The number of hydrogen-bond donors (Lipinski definition) is 0. The Balaban J connectivity index is 2.03. The molecule has 0 atom stereocenters. The quantitative estimate of drug-likeness (QED) is 0.333. The normalized spacial score (nSPS) is 10.6. The molecule has 124 valence electrons. The summed E-state index contributed by atoms with van der Waals surface area (Å²) >= 11 is 5.31. The van der Waals surface area contributed by atoms with Crippen LogP contribution in [-0.4, -0.2) is 11.8 Å². The van der Waals surface area contributed by atoms with Crippen LogP contribution in [0.5, 0.6) is 5.75 Å². The van der Waals surface area contributed by atoms with Crippen molar-refractivity contribution in [1.82, 2.24) is 0 Å². The highest BCUT2D eigenvalue weighted by Crippen LogP contribution is 2.15. The molecule has 0 unspecified atom stereocenters. The number of ether oxygens (including phenoxy) is 1. The van der Waals surface area contributed by atoms with E-state index < -0.39 is 0 Å². The fraction of sp³-hybridized carbons (Fsp3) is 0.632. The topological polar surface area (TPSA) is 26.3 Å². The van der Waals surface area contributed by atoms with Gasteiger partial charge in [0.1, 0.15) is 5.75 Å². The first kappa shape index (κ1) is 19.0. The summed E-state index contributed by atoms with van der Waals surface area (Å²) in [5, 5.41) is -0.206. The summed E-state index contributed by atoms with van der Waals surface area (Å²) in [6, 6.07) is 8.50. The Morgan fingerprint density at radius 1 is 0.955 bits per heavy atom. The van der Waals surface area contributed by atoms with Gasteiger partial charge in [-0.1, -0.05) is 51.2 Å². The maximum atomic E-state index is 10.6. The van der Waals surface area contributed by atoms with E-state index in [4.69, 9.17) is 16.3 Å². The second-order valence-corrected chi connectivity index (χ2v) is 6.24. The van der Waals surface area contributed by atoms with Gasteiger partial charge in [0.2, 0.25) is 5.24 Å². The van der Waals surface area contributed by atoms with Crippen LogP contribution in [0.4, 0.5) is 0 Å². The van der Waals surface area contributed by atoms with E-state index in [-0.39, 0.29) is 5.24 Å². The lowest BCUT2D eigenvalue weighted by atomic mass is 10.0. The average molecular weight is 325 g/mol. The summed E-state index contributed by atoms with van der Waals surface area (Å²) < 4.78 is 5.67. The molecule has 1 rings (SSSR count). The second kappa shape index (κ2) is 12.5. The molecule has 3 heteroatoms. The van der Waals surface area contributed by atoms with Gasteiger partial charge in [-0.05, 0) is 55.0 Å². The third kappa shape index (κ3) is 9.83. The zero-order chi connectivity index (χ0) is 16.0. The number of aryl methyl sites for hydroxylation is 1. The van der Waals surface area contributed by atoms with Crippen LogP contribution in [0.1, 0.15) is 70.3 Å². The minimum atomic E-state index is -0.206. The van der Waals surface area contributed by atoms with E-state index in [1.165, 1.54) is 37.7 Å². The van der Waals surface area contributed by atoms with Gasteiger partial charge in [-0.3, -0.25) is 4.79 Å². The van der Waals surface area contributed by atoms with Crippen molar-refractivity contribution in [2.75, 3.05) is 6.61 Å². The molecule has 0 heterocycles. The lowest BCUT2D eigenvalue weighted by molar-refractivity contribution is -0.111. The van der Waals surface area contributed by atoms with E-state index >= 15 is 0 Å². The maximum absolute atomic E-state index is 10.6. The highest BCUT2D eigenvalue weighted by molar-refractivity contribution is 6.63. The Morgan fingerprint density at radius 2 is 1.59 bits per heavy atom. The number of benzene rings is 1. The molecular weight excluding hydrogens is 296 g/mol. The smallest absolute Gasteiger partial charge is 0.221 e. The standard InChI is InChI=1S/C19H29ClO2/c1-2-3-16-22-18-14-12-17(13-15-18)10-8-6-4-5-7-9-11-19(20)21/h12-15H,2-11,16H2,1H3. The SMILES string of the molecule is CCCCOc1ccc(CCCCCCCCC(=O)Cl)cc1. The van der Waals surface area contributed by atoms with Crippen LogP contribution in [0.15, 0.2) is 24.3 Å². The van der Waals surface area contributed by atoms with Crippen molar-refractivity contribution in [3.8, 4) is 5.75 Å². The van der Waals surface area contributed by atoms with Crippen LogP contribution in [0.25, 0.3) is 0 Å². The van der Waals surface area contributed by atoms with E-state index in [1.807, 2.05) is 0 Å². The summed E-state index contributed by atoms with van der Waals surface area (Å²) in [5.74, 6) is 0.978. The molecule has 0 N–H and O–H groups in total. The number of carbonyl (C=O) groups is 1. The first-order valence-electron chi connectivity index (χ1n) is 8.62. The number of unbranched alkanes of at least 4 members (excludes halogenated alkanes) is 6. The third-order valence-corrected chi connectivity index (χ3v) is 3.97. The molecule has 0 spiro atoms. The molecule has 0 bridgehead atoms. The summed E-state index contributed by atoms with van der Waals surface area (Å²) in [6.07, 6.45) is 10.9. The first-order chi connectivity index (χ1) is 10.7. The Hall–Kier alpha value is -1.02. The van der Waals surface area contributed by atoms with Gasteiger partial charge in [0.25, 0.3) is 0 Å². The van der Waals surface area contributed by atoms with E-state index in [0.717, 1.165) is 38.0 Å². The summed E-state index contributed by atoms with van der Waals surface area (Å²) in [6.45, 7) is 2.98. The zero-order valence-electron chi connectivity index (χ0n) is 13.8. The maximum Gasteiger partial charge on any atom is 0.221 e. The van der Waals surface area contributed by atoms with Crippen LogP contribution in [0.2, 0.25) is 0 Å². The Kier molecular flexibility index (Phi) is 10.8. The molecule has 2 nitrogen and oxygen atoms in total. The largest absolute Gasteiger partial charge is 0.494 e. The van der Waals surface area contributed by atoms with Crippen molar-refractivity contribution in [3.63, 3.8) is 0 Å². The fourth-order valence-corrected chi connectivity index (χ4v) is 2.52. The minimum Gasteiger partial charge on any atom is -0.494 e. The molecule has 0 fully saturated rings. The van der Waals surface area contributed by atoms with Gasteiger partial charge in [-0.15, -0.1) is 0 Å². The summed E-state index contributed by atoms with van der Waals surface area (Å²) in [4.78, 5) is 10.6. The van der Waals surface area contributed by atoms with Gasteiger partial charge in [-0.2, -0.15) is 0 Å². The Bertz CT molecular complexity index is 400.